The topological polar surface area (TPSA) is 20.8 Å². The molecule has 0 radical (unpaired) electrons. The molecule has 3 nitrogen and oxygen atoms in total. The lowest BCUT2D eigenvalue weighted by molar-refractivity contribution is 0.670. The van der Waals surface area contributed by atoms with Crippen LogP contribution in [0.3, 0.4) is 0 Å². The molecule has 0 N–H and O–H groups in total. The molecular weight excluding hydrogens is 777 g/mol. The number of aromatic nitrogens is 1. The Labute approximate surface area is 368 Å². The zero-order valence-corrected chi connectivity index (χ0v) is 34.8. The van der Waals surface area contributed by atoms with Gasteiger partial charge in [-0.05, 0) is 110 Å². The van der Waals surface area contributed by atoms with E-state index in [1.54, 1.807) is 0 Å². The maximum absolute atomic E-state index is 6.48. The van der Waals surface area contributed by atoms with Crippen LogP contribution >= 0.6 is 0 Å². The van der Waals surface area contributed by atoms with Gasteiger partial charge in [-0.15, -0.1) is 0 Å². The van der Waals surface area contributed by atoms with Crippen LogP contribution in [0.5, 0.6) is 0 Å². The highest BCUT2D eigenvalue weighted by atomic mass is 16.3. The molecule has 0 unspecified atom stereocenters. The predicted molar refractivity (Wildman–Crippen MR) is 269 cm³/mol. The van der Waals surface area contributed by atoms with Gasteiger partial charge in [0.1, 0.15) is 11.2 Å². The second kappa shape index (κ2) is 13.5. The summed E-state index contributed by atoms with van der Waals surface area (Å²) in [7, 11) is 0. The molecule has 1 aliphatic rings. The molecule has 0 atom stereocenters. The number of nitrogens with zero attached hydrogens (tertiary/aromatic N) is 2. The Morgan fingerprint density at radius 3 is 1.66 bits per heavy atom. The second-order valence-electron chi connectivity index (χ2n) is 17.2. The summed E-state index contributed by atoms with van der Waals surface area (Å²) >= 11 is 0. The van der Waals surface area contributed by atoms with Crippen molar-refractivity contribution in [3.05, 3.63) is 230 Å². The molecule has 0 saturated heterocycles. The molecule has 13 aromatic rings. The fourth-order valence-corrected chi connectivity index (χ4v) is 10.9. The molecule has 0 saturated carbocycles. The number of hydrogen-bond donors (Lipinski definition) is 0. The van der Waals surface area contributed by atoms with Gasteiger partial charge in [0.15, 0.2) is 0 Å². The summed E-state index contributed by atoms with van der Waals surface area (Å²) < 4.78 is 9.01. The van der Waals surface area contributed by atoms with Crippen molar-refractivity contribution in [3.8, 4) is 22.3 Å². The third-order valence-electron chi connectivity index (χ3n) is 13.8. The third-order valence-corrected chi connectivity index (χ3v) is 13.8. The maximum Gasteiger partial charge on any atom is 0.143 e. The lowest BCUT2D eigenvalue weighted by Gasteiger charge is -2.26. The van der Waals surface area contributed by atoms with Crippen LogP contribution in [0.25, 0.3) is 104 Å². The average molecular weight is 815 g/mol. The van der Waals surface area contributed by atoms with Crippen LogP contribution in [0.4, 0.5) is 17.1 Å². The Hall–Kier alpha value is -8.40. The Balaban J connectivity index is 1.01. The van der Waals surface area contributed by atoms with Crippen LogP contribution in [0.15, 0.2) is 223 Å². The molecule has 0 bridgehead atoms. The van der Waals surface area contributed by atoms with Crippen molar-refractivity contribution in [1.29, 1.82) is 0 Å². The van der Waals surface area contributed by atoms with Gasteiger partial charge in [-0.2, -0.15) is 0 Å². The first-order chi connectivity index (χ1) is 31.7. The van der Waals surface area contributed by atoms with E-state index in [1.165, 1.54) is 81.9 Å². The lowest BCUT2D eigenvalue weighted by atomic mass is 10.0. The van der Waals surface area contributed by atoms with Crippen LogP contribution in [-0.4, -0.2) is 4.40 Å². The summed E-state index contributed by atoms with van der Waals surface area (Å²) in [6.07, 6.45) is 0.954. The van der Waals surface area contributed by atoms with E-state index >= 15 is 0 Å². The van der Waals surface area contributed by atoms with Crippen LogP contribution in [0.1, 0.15) is 11.1 Å². The minimum atomic E-state index is 0.905. The van der Waals surface area contributed by atoms with Crippen LogP contribution in [0, 0.1) is 0 Å². The van der Waals surface area contributed by atoms with E-state index in [2.05, 4.69) is 216 Å². The maximum atomic E-state index is 6.48. The standard InChI is InChI=1S/C61H38N2O/c1-2-12-38(13-3-1)39-26-30-43(31-27-39)62(44-32-28-40(29-33-44)46-18-10-23-53-48-17-5-7-25-57(48)64-61(46)53)45-34-35-56-54(37-45)52-22-11-21-51-50-20-9-15-42-36-41-14-8-19-49(58(41)59(42)50)47-16-4-6-24-55(47)63(56)60(51)52/h1-35,37H,36H2. The largest absolute Gasteiger partial charge is 0.455 e. The summed E-state index contributed by atoms with van der Waals surface area (Å²) in [6.45, 7) is 0. The summed E-state index contributed by atoms with van der Waals surface area (Å²) in [5.41, 5.74) is 16.1. The monoisotopic (exact) mass is 814 g/mol. The van der Waals surface area contributed by atoms with Gasteiger partial charge in [0.25, 0.3) is 0 Å². The van der Waals surface area contributed by atoms with Crippen LogP contribution in [-0.2, 0) is 6.42 Å². The molecule has 14 rings (SSSR count). The van der Waals surface area contributed by atoms with Crippen molar-refractivity contribution in [1.82, 2.24) is 4.40 Å². The zero-order chi connectivity index (χ0) is 41.9. The van der Waals surface area contributed by atoms with Crippen molar-refractivity contribution < 1.29 is 4.42 Å². The molecule has 3 heteroatoms. The first-order valence-corrected chi connectivity index (χ1v) is 22.1. The molecular formula is C61H38N2O. The highest BCUT2D eigenvalue weighted by Crippen LogP contribution is 2.46. The van der Waals surface area contributed by atoms with Gasteiger partial charge < -0.3 is 13.7 Å². The first-order valence-electron chi connectivity index (χ1n) is 22.1. The number of hydrogen-bond acceptors (Lipinski definition) is 2. The number of fused-ring (bicyclic) bond motifs is 10. The third kappa shape index (κ3) is 5.10. The minimum Gasteiger partial charge on any atom is -0.455 e. The smallest absolute Gasteiger partial charge is 0.143 e. The van der Waals surface area contributed by atoms with Crippen molar-refractivity contribution >= 4 is 98.6 Å². The van der Waals surface area contributed by atoms with Crippen molar-refractivity contribution in [3.63, 3.8) is 0 Å². The highest BCUT2D eigenvalue weighted by molar-refractivity contribution is 6.27. The lowest BCUT2D eigenvalue weighted by Crippen LogP contribution is -2.09. The quantitative estimate of drug-likeness (QED) is 0.173. The van der Waals surface area contributed by atoms with Crippen molar-refractivity contribution in [2.45, 2.75) is 6.42 Å². The molecule has 0 spiro atoms. The fourth-order valence-electron chi connectivity index (χ4n) is 10.9. The number of rotatable bonds is 5. The molecule has 0 amide bonds. The molecule has 0 fully saturated rings. The second-order valence-corrected chi connectivity index (χ2v) is 17.2. The van der Waals surface area contributed by atoms with E-state index < -0.39 is 0 Å². The summed E-state index contributed by atoms with van der Waals surface area (Å²) in [5.74, 6) is 0. The van der Waals surface area contributed by atoms with Gasteiger partial charge in [0.05, 0.1) is 16.6 Å². The van der Waals surface area contributed by atoms with E-state index in [-0.39, 0.29) is 0 Å². The molecule has 3 aromatic heterocycles. The number of benzene rings is 10. The predicted octanol–water partition coefficient (Wildman–Crippen LogP) is 16.9. The summed E-state index contributed by atoms with van der Waals surface area (Å²) in [6, 6.07) is 80.0. The van der Waals surface area contributed by atoms with Gasteiger partial charge in [-0.3, -0.25) is 0 Å². The Morgan fingerprint density at radius 1 is 0.359 bits per heavy atom. The van der Waals surface area contributed by atoms with Gasteiger partial charge in [0, 0.05) is 54.9 Å². The Kier molecular flexibility index (Phi) is 7.46. The van der Waals surface area contributed by atoms with E-state index in [0.29, 0.717) is 0 Å². The average Bonchev–Trinajstić information content (AvgIpc) is 4.05. The molecule has 3 heterocycles. The highest BCUT2D eigenvalue weighted by Gasteiger charge is 2.22. The zero-order valence-electron chi connectivity index (χ0n) is 34.8. The SMILES string of the molecule is c1ccc(-c2ccc(N(c3ccc(-c4cccc5c4oc4ccccc45)cc3)c3ccc4c(c3)c3cccc5c6cccc7c6c6c(cccc6c6ccccc6n4c53)C7)cc2)cc1. The van der Waals surface area contributed by atoms with Gasteiger partial charge in [0.2, 0.25) is 0 Å². The molecule has 0 aliphatic heterocycles. The number of para-hydroxylation sites is 4. The van der Waals surface area contributed by atoms with Gasteiger partial charge in [-0.1, -0.05) is 164 Å². The Bertz CT molecular complexity index is 4080. The fraction of sp³-hybridized carbons (Fsp3) is 0.0164. The summed E-state index contributed by atoms with van der Waals surface area (Å²) in [5, 5.41) is 12.6. The minimum absolute atomic E-state index is 0.905. The van der Waals surface area contributed by atoms with Gasteiger partial charge in [-0.25, -0.2) is 0 Å². The van der Waals surface area contributed by atoms with E-state index in [1.807, 2.05) is 12.1 Å². The first kappa shape index (κ1) is 35.2. The van der Waals surface area contributed by atoms with E-state index in [9.17, 15) is 0 Å². The van der Waals surface area contributed by atoms with Crippen molar-refractivity contribution in [2.24, 2.45) is 0 Å². The number of furan rings is 1. The normalized spacial score (nSPS) is 12.3. The van der Waals surface area contributed by atoms with E-state index in [0.717, 1.165) is 56.5 Å². The molecule has 10 aromatic carbocycles. The molecule has 298 valence electrons. The number of anilines is 3. The Morgan fingerprint density at radius 2 is 0.891 bits per heavy atom. The van der Waals surface area contributed by atoms with Crippen LogP contribution < -0.4 is 4.90 Å². The van der Waals surface area contributed by atoms with E-state index in [4.69, 9.17) is 4.42 Å². The summed E-state index contributed by atoms with van der Waals surface area (Å²) in [4.78, 5) is 2.39. The van der Waals surface area contributed by atoms with Gasteiger partial charge >= 0.3 is 0 Å². The van der Waals surface area contributed by atoms with Crippen LogP contribution in [0.2, 0.25) is 0 Å². The molecule has 1 aliphatic carbocycles. The molecule has 64 heavy (non-hydrogen) atoms. The van der Waals surface area contributed by atoms with Crippen molar-refractivity contribution in [2.75, 3.05) is 4.90 Å².